The van der Waals surface area contributed by atoms with Gasteiger partial charge in [0.2, 0.25) is 11.8 Å². The van der Waals surface area contributed by atoms with Crippen LogP contribution in [0.5, 0.6) is 0 Å². The minimum atomic E-state index is -0.472. The molecule has 2 aromatic rings. The van der Waals surface area contributed by atoms with Crippen LogP contribution in [0.4, 0.5) is 23.1 Å². The Morgan fingerprint density at radius 2 is 2.00 bits per heavy atom. The van der Waals surface area contributed by atoms with E-state index in [1.165, 1.54) is 6.20 Å². The molecule has 2 N–H and O–H groups in total. The third kappa shape index (κ3) is 3.25. The number of benzene rings is 1. The van der Waals surface area contributed by atoms with Crippen LogP contribution in [0.1, 0.15) is 18.4 Å². The predicted molar refractivity (Wildman–Crippen MR) is 79.8 cm³/mol. The fourth-order valence-electron chi connectivity index (χ4n) is 1.86. The average Bonchev–Trinajstić information content (AvgIpc) is 3.25. The van der Waals surface area contributed by atoms with E-state index < -0.39 is 4.92 Å². The molecule has 0 atom stereocenters. The van der Waals surface area contributed by atoms with Gasteiger partial charge in [-0.3, -0.25) is 10.1 Å². The molecule has 0 amide bonds. The Balaban J connectivity index is 1.84. The van der Waals surface area contributed by atoms with Gasteiger partial charge in [0, 0.05) is 11.7 Å². The maximum atomic E-state index is 11.0. The summed E-state index contributed by atoms with van der Waals surface area (Å²) >= 11 is 0. The van der Waals surface area contributed by atoms with E-state index in [1.807, 2.05) is 31.2 Å². The Kier molecular flexibility index (Phi) is 3.39. The van der Waals surface area contributed by atoms with Gasteiger partial charge < -0.3 is 10.6 Å². The van der Waals surface area contributed by atoms with Crippen molar-refractivity contribution in [2.75, 3.05) is 10.6 Å². The first kappa shape index (κ1) is 13.3. The lowest BCUT2D eigenvalue weighted by Crippen LogP contribution is -2.08. The highest BCUT2D eigenvalue weighted by atomic mass is 16.6. The molecule has 1 aliphatic carbocycles. The van der Waals surface area contributed by atoms with Crippen LogP contribution < -0.4 is 10.6 Å². The largest absolute Gasteiger partial charge is 0.361 e. The number of aryl methyl sites for hydroxylation is 1. The molecule has 0 radical (unpaired) electrons. The van der Waals surface area contributed by atoms with Crippen molar-refractivity contribution in [1.29, 1.82) is 0 Å². The van der Waals surface area contributed by atoms with Gasteiger partial charge in [-0.05, 0) is 31.9 Å². The van der Waals surface area contributed by atoms with Gasteiger partial charge >= 0.3 is 5.69 Å². The number of nitrogens with one attached hydrogen (secondary N) is 2. The third-order valence-corrected chi connectivity index (χ3v) is 3.19. The fourth-order valence-corrected chi connectivity index (χ4v) is 1.86. The van der Waals surface area contributed by atoms with Crippen LogP contribution in [-0.4, -0.2) is 20.9 Å². The van der Waals surface area contributed by atoms with Gasteiger partial charge in [0.25, 0.3) is 0 Å². The number of anilines is 3. The van der Waals surface area contributed by atoms with E-state index in [4.69, 9.17) is 0 Å². The van der Waals surface area contributed by atoms with Crippen molar-refractivity contribution in [2.24, 2.45) is 0 Å². The van der Waals surface area contributed by atoms with E-state index in [1.54, 1.807) is 0 Å². The first-order valence-electron chi connectivity index (χ1n) is 6.73. The van der Waals surface area contributed by atoms with Gasteiger partial charge in [0.05, 0.1) is 4.92 Å². The predicted octanol–water partition coefficient (Wildman–Crippen LogP) is 3.01. The monoisotopic (exact) mass is 285 g/mol. The second kappa shape index (κ2) is 5.35. The van der Waals surface area contributed by atoms with Gasteiger partial charge in [-0.1, -0.05) is 17.7 Å². The summed E-state index contributed by atoms with van der Waals surface area (Å²) in [5.74, 6) is 0.611. The first-order chi connectivity index (χ1) is 10.1. The van der Waals surface area contributed by atoms with Gasteiger partial charge in [-0.2, -0.15) is 4.98 Å². The summed E-state index contributed by atoms with van der Waals surface area (Å²) in [7, 11) is 0. The highest BCUT2D eigenvalue weighted by Gasteiger charge is 2.26. The van der Waals surface area contributed by atoms with E-state index in [2.05, 4.69) is 20.6 Å². The lowest BCUT2D eigenvalue weighted by Gasteiger charge is -2.08. The van der Waals surface area contributed by atoms with Crippen molar-refractivity contribution in [2.45, 2.75) is 25.8 Å². The molecular formula is C14H15N5O2. The van der Waals surface area contributed by atoms with Gasteiger partial charge in [0.15, 0.2) is 0 Å². The zero-order valence-electron chi connectivity index (χ0n) is 11.5. The molecule has 0 saturated heterocycles. The minimum Gasteiger partial charge on any atom is -0.361 e. The molecule has 1 heterocycles. The number of aromatic nitrogens is 2. The van der Waals surface area contributed by atoms with Gasteiger partial charge in [-0.25, -0.2) is 4.98 Å². The van der Waals surface area contributed by atoms with Crippen LogP contribution in [0, 0.1) is 17.0 Å². The standard InChI is InChI=1S/C14H15N5O2/c1-9-2-4-11(5-3-9)17-14-15-8-12(19(20)21)13(18-14)16-10-6-7-10/h2-5,8,10H,6-7H2,1H3,(H2,15,16,17,18). The van der Waals surface area contributed by atoms with Gasteiger partial charge in [-0.15, -0.1) is 0 Å². The molecule has 1 aliphatic rings. The summed E-state index contributed by atoms with van der Waals surface area (Å²) in [6.07, 6.45) is 3.26. The Morgan fingerprint density at radius 3 is 2.62 bits per heavy atom. The summed E-state index contributed by atoms with van der Waals surface area (Å²) in [5.41, 5.74) is 1.89. The number of hydrogen-bond acceptors (Lipinski definition) is 6. The maximum Gasteiger partial charge on any atom is 0.329 e. The summed E-state index contributed by atoms with van der Waals surface area (Å²) in [5, 5.41) is 17.1. The van der Waals surface area contributed by atoms with E-state index in [0.717, 1.165) is 24.1 Å². The SMILES string of the molecule is Cc1ccc(Nc2ncc([N+](=O)[O-])c(NC3CC3)n2)cc1. The molecule has 7 nitrogen and oxygen atoms in total. The molecule has 0 unspecified atom stereocenters. The molecule has 1 aromatic heterocycles. The summed E-state index contributed by atoms with van der Waals surface area (Å²) in [6, 6.07) is 8.04. The lowest BCUT2D eigenvalue weighted by molar-refractivity contribution is -0.384. The maximum absolute atomic E-state index is 11.0. The van der Waals surface area contributed by atoms with Crippen LogP contribution in [0.2, 0.25) is 0 Å². The molecule has 0 bridgehead atoms. The van der Waals surface area contributed by atoms with Crippen molar-refractivity contribution in [3.8, 4) is 0 Å². The summed E-state index contributed by atoms with van der Waals surface area (Å²) < 4.78 is 0. The summed E-state index contributed by atoms with van der Waals surface area (Å²) in [6.45, 7) is 2.00. The van der Waals surface area contributed by atoms with E-state index in [-0.39, 0.29) is 17.5 Å². The minimum absolute atomic E-state index is 0.101. The van der Waals surface area contributed by atoms with E-state index in [0.29, 0.717) is 5.95 Å². The summed E-state index contributed by atoms with van der Waals surface area (Å²) in [4.78, 5) is 18.7. The van der Waals surface area contributed by atoms with Crippen molar-refractivity contribution < 1.29 is 4.92 Å². The first-order valence-corrected chi connectivity index (χ1v) is 6.73. The van der Waals surface area contributed by atoms with Gasteiger partial charge in [0.1, 0.15) is 6.20 Å². The van der Waals surface area contributed by atoms with Crippen LogP contribution in [0.3, 0.4) is 0 Å². The Bertz CT molecular complexity index is 668. The molecule has 21 heavy (non-hydrogen) atoms. The molecule has 0 spiro atoms. The fraction of sp³-hybridized carbons (Fsp3) is 0.286. The molecule has 0 aliphatic heterocycles. The third-order valence-electron chi connectivity index (χ3n) is 3.19. The highest BCUT2D eigenvalue weighted by Crippen LogP contribution is 2.29. The van der Waals surface area contributed by atoms with Crippen molar-refractivity contribution in [3.63, 3.8) is 0 Å². The topological polar surface area (TPSA) is 93.0 Å². The smallest absolute Gasteiger partial charge is 0.329 e. The van der Waals surface area contributed by atoms with Crippen LogP contribution in [-0.2, 0) is 0 Å². The molecule has 1 aromatic carbocycles. The second-order valence-electron chi connectivity index (χ2n) is 5.09. The number of rotatable bonds is 5. The zero-order chi connectivity index (χ0) is 14.8. The average molecular weight is 285 g/mol. The van der Waals surface area contributed by atoms with Crippen LogP contribution >= 0.6 is 0 Å². The Morgan fingerprint density at radius 1 is 1.29 bits per heavy atom. The highest BCUT2D eigenvalue weighted by molar-refractivity contribution is 5.61. The Labute approximate surface area is 121 Å². The van der Waals surface area contributed by atoms with Crippen molar-refractivity contribution in [3.05, 3.63) is 46.1 Å². The molecule has 1 fully saturated rings. The molecular weight excluding hydrogens is 270 g/mol. The lowest BCUT2D eigenvalue weighted by atomic mass is 10.2. The molecule has 1 saturated carbocycles. The normalized spacial score (nSPS) is 13.8. The molecule has 7 heteroatoms. The van der Waals surface area contributed by atoms with E-state index >= 15 is 0 Å². The number of nitro groups is 1. The quantitative estimate of drug-likeness (QED) is 0.648. The number of nitrogens with zero attached hydrogens (tertiary/aromatic N) is 3. The zero-order valence-corrected chi connectivity index (χ0v) is 11.5. The van der Waals surface area contributed by atoms with E-state index in [9.17, 15) is 10.1 Å². The van der Waals surface area contributed by atoms with Crippen molar-refractivity contribution in [1.82, 2.24) is 9.97 Å². The van der Waals surface area contributed by atoms with Crippen LogP contribution in [0.15, 0.2) is 30.5 Å². The Hall–Kier alpha value is -2.70. The van der Waals surface area contributed by atoms with Crippen LogP contribution in [0.25, 0.3) is 0 Å². The number of hydrogen-bond donors (Lipinski definition) is 2. The molecule has 108 valence electrons. The van der Waals surface area contributed by atoms with Crippen molar-refractivity contribution >= 4 is 23.1 Å². The molecule has 3 rings (SSSR count). The second-order valence-corrected chi connectivity index (χ2v) is 5.09.